The SMILES string of the molecule is CC(C)c1ccc(S(=O)(=O)NCCC(=O)O[C@@H](C)C(=O)N2CCNC2=O)cc1. The van der Waals surface area contributed by atoms with Gasteiger partial charge >= 0.3 is 12.0 Å². The fourth-order valence-electron chi connectivity index (χ4n) is 2.61. The van der Waals surface area contributed by atoms with E-state index in [0.29, 0.717) is 6.54 Å². The van der Waals surface area contributed by atoms with Crippen LogP contribution in [0.4, 0.5) is 4.79 Å². The van der Waals surface area contributed by atoms with Crippen molar-refractivity contribution in [2.45, 2.75) is 44.1 Å². The summed E-state index contributed by atoms with van der Waals surface area (Å²) in [4.78, 5) is 36.5. The molecule has 9 nitrogen and oxygen atoms in total. The maximum absolute atomic E-state index is 12.3. The zero-order valence-corrected chi connectivity index (χ0v) is 16.9. The Morgan fingerprint density at radius 1 is 1.21 bits per heavy atom. The van der Waals surface area contributed by atoms with E-state index < -0.39 is 34.0 Å². The van der Waals surface area contributed by atoms with Crippen LogP contribution in [-0.4, -0.2) is 57.0 Å². The van der Waals surface area contributed by atoms with Crippen molar-refractivity contribution < 1.29 is 27.5 Å². The van der Waals surface area contributed by atoms with Crippen LogP contribution in [0.5, 0.6) is 0 Å². The molecule has 1 aromatic carbocycles. The fraction of sp³-hybridized carbons (Fsp3) is 0.500. The molecule has 3 amide bonds. The lowest BCUT2D eigenvalue weighted by molar-refractivity contribution is -0.157. The maximum Gasteiger partial charge on any atom is 0.324 e. The molecular formula is C18H25N3O6S. The van der Waals surface area contributed by atoms with Crippen LogP contribution < -0.4 is 10.0 Å². The van der Waals surface area contributed by atoms with Gasteiger partial charge in [-0.15, -0.1) is 0 Å². The van der Waals surface area contributed by atoms with Gasteiger partial charge in [-0.05, 0) is 30.5 Å². The molecule has 154 valence electrons. The van der Waals surface area contributed by atoms with Gasteiger partial charge in [0.1, 0.15) is 0 Å². The van der Waals surface area contributed by atoms with Crippen LogP contribution in [0.3, 0.4) is 0 Å². The van der Waals surface area contributed by atoms with Crippen molar-refractivity contribution in [2.24, 2.45) is 0 Å². The number of carbonyl (C=O) groups is 3. The van der Waals surface area contributed by atoms with Crippen LogP contribution in [0.2, 0.25) is 0 Å². The first-order chi connectivity index (χ1) is 13.1. The van der Waals surface area contributed by atoms with Crippen molar-refractivity contribution in [1.29, 1.82) is 0 Å². The number of esters is 1. The Kier molecular flexibility index (Phi) is 7.14. The monoisotopic (exact) mass is 411 g/mol. The second-order valence-electron chi connectivity index (χ2n) is 6.73. The number of nitrogens with zero attached hydrogens (tertiary/aromatic N) is 1. The Morgan fingerprint density at radius 3 is 2.39 bits per heavy atom. The summed E-state index contributed by atoms with van der Waals surface area (Å²) < 4.78 is 31.9. The average molecular weight is 411 g/mol. The summed E-state index contributed by atoms with van der Waals surface area (Å²) in [5.74, 6) is -1.07. The van der Waals surface area contributed by atoms with E-state index >= 15 is 0 Å². The van der Waals surface area contributed by atoms with Crippen molar-refractivity contribution in [2.75, 3.05) is 19.6 Å². The highest BCUT2D eigenvalue weighted by atomic mass is 32.2. The molecule has 0 bridgehead atoms. The molecule has 1 saturated heterocycles. The van der Waals surface area contributed by atoms with Gasteiger partial charge in [-0.25, -0.2) is 17.9 Å². The van der Waals surface area contributed by atoms with E-state index in [4.69, 9.17) is 4.74 Å². The third kappa shape index (κ3) is 5.52. The average Bonchev–Trinajstić information content (AvgIpc) is 3.06. The van der Waals surface area contributed by atoms with Crippen molar-refractivity contribution in [3.63, 3.8) is 0 Å². The predicted molar refractivity (Wildman–Crippen MR) is 101 cm³/mol. The van der Waals surface area contributed by atoms with Crippen LogP contribution in [-0.2, 0) is 24.3 Å². The van der Waals surface area contributed by atoms with Gasteiger partial charge in [0.05, 0.1) is 11.3 Å². The quantitative estimate of drug-likeness (QED) is 0.615. The summed E-state index contributed by atoms with van der Waals surface area (Å²) in [7, 11) is -3.75. The topological polar surface area (TPSA) is 122 Å². The molecule has 0 radical (unpaired) electrons. The van der Waals surface area contributed by atoms with Gasteiger partial charge in [0.2, 0.25) is 10.0 Å². The highest BCUT2D eigenvalue weighted by Gasteiger charge is 2.31. The number of urea groups is 1. The van der Waals surface area contributed by atoms with Crippen molar-refractivity contribution in [3.8, 4) is 0 Å². The lowest BCUT2D eigenvalue weighted by atomic mass is 10.0. The van der Waals surface area contributed by atoms with Crippen molar-refractivity contribution >= 4 is 27.9 Å². The van der Waals surface area contributed by atoms with Crippen LogP contribution in [0.25, 0.3) is 0 Å². The Morgan fingerprint density at radius 2 is 1.86 bits per heavy atom. The number of imide groups is 1. The Balaban J connectivity index is 1.82. The molecule has 2 rings (SSSR count). The van der Waals surface area contributed by atoms with Gasteiger partial charge in [-0.2, -0.15) is 0 Å². The number of benzene rings is 1. The molecule has 0 spiro atoms. The maximum atomic E-state index is 12.3. The second-order valence-corrected chi connectivity index (χ2v) is 8.49. The second kappa shape index (κ2) is 9.16. The van der Waals surface area contributed by atoms with E-state index in [1.165, 1.54) is 19.1 Å². The van der Waals surface area contributed by atoms with Crippen LogP contribution >= 0.6 is 0 Å². The molecule has 0 aromatic heterocycles. The number of amides is 3. The number of carbonyl (C=O) groups excluding carboxylic acids is 3. The zero-order chi connectivity index (χ0) is 20.9. The molecule has 1 heterocycles. The molecule has 1 atom stereocenters. The highest BCUT2D eigenvalue weighted by Crippen LogP contribution is 2.17. The summed E-state index contributed by atoms with van der Waals surface area (Å²) >= 11 is 0. The number of ether oxygens (including phenoxy) is 1. The minimum absolute atomic E-state index is 0.105. The third-order valence-electron chi connectivity index (χ3n) is 4.26. The first-order valence-corrected chi connectivity index (χ1v) is 10.5. The van der Waals surface area contributed by atoms with E-state index in [1.807, 2.05) is 13.8 Å². The van der Waals surface area contributed by atoms with Crippen LogP contribution in [0.1, 0.15) is 38.7 Å². The Hall–Kier alpha value is -2.46. The molecule has 0 saturated carbocycles. The summed E-state index contributed by atoms with van der Waals surface area (Å²) in [5, 5.41) is 2.48. The third-order valence-corrected chi connectivity index (χ3v) is 5.73. The number of nitrogens with one attached hydrogen (secondary N) is 2. The minimum Gasteiger partial charge on any atom is -0.452 e. The molecule has 1 aromatic rings. The highest BCUT2D eigenvalue weighted by molar-refractivity contribution is 7.89. The largest absolute Gasteiger partial charge is 0.452 e. The lowest BCUT2D eigenvalue weighted by Crippen LogP contribution is -2.42. The molecule has 28 heavy (non-hydrogen) atoms. The number of hydrogen-bond acceptors (Lipinski definition) is 6. The number of rotatable bonds is 8. The summed E-state index contributed by atoms with van der Waals surface area (Å²) in [6.07, 6.45) is -1.37. The van der Waals surface area contributed by atoms with Gasteiger partial charge in [-0.3, -0.25) is 14.5 Å². The van der Waals surface area contributed by atoms with Gasteiger partial charge < -0.3 is 10.1 Å². The Bertz CT molecular complexity index is 835. The molecule has 1 aliphatic rings. The van der Waals surface area contributed by atoms with E-state index in [-0.39, 0.29) is 30.3 Å². The predicted octanol–water partition coefficient (Wildman–Crippen LogP) is 0.962. The van der Waals surface area contributed by atoms with E-state index in [2.05, 4.69) is 10.0 Å². The molecule has 1 fully saturated rings. The van der Waals surface area contributed by atoms with Gasteiger partial charge in [0, 0.05) is 19.6 Å². The van der Waals surface area contributed by atoms with Crippen LogP contribution in [0.15, 0.2) is 29.2 Å². The van der Waals surface area contributed by atoms with Crippen molar-refractivity contribution in [1.82, 2.24) is 14.9 Å². The molecular weight excluding hydrogens is 386 g/mol. The smallest absolute Gasteiger partial charge is 0.324 e. The van der Waals surface area contributed by atoms with Gasteiger partial charge in [0.25, 0.3) is 5.91 Å². The van der Waals surface area contributed by atoms with E-state index in [0.717, 1.165) is 10.5 Å². The molecule has 0 aliphatic carbocycles. The van der Waals surface area contributed by atoms with E-state index in [1.54, 1.807) is 12.1 Å². The van der Waals surface area contributed by atoms with Crippen LogP contribution in [0, 0.1) is 0 Å². The van der Waals surface area contributed by atoms with Gasteiger partial charge in [0.15, 0.2) is 6.10 Å². The van der Waals surface area contributed by atoms with Crippen molar-refractivity contribution in [3.05, 3.63) is 29.8 Å². The first-order valence-electron chi connectivity index (χ1n) is 9.00. The first kappa shape index (κ1) is 21.8. The summed E-state index contributed by atoms with van der Waals surface area (Å²) in [6.45, 7) is 5.79. The molecule has 1 aliphatic heterocycles. The molecule has 10 heteroatoms. The summed E-state index contributed by atoms with van der Waals surface area (Å²) in [6, 6.07) is 5.99. The van der Waals surface area contributed by atoms with E-state index in [9.17, 15) is 22.8 Å². The lowest BCUT2D eigenvalue weighted by Gasteiger charge is -2.18. The summed E-state index contributed by atoms with van der Waals surface area (Å²) in [5.41, 5.74) is 1.02. The minimum atomic E-state index is -3.75. The standard InChI is InChI=1S/C18H25N3O6S/c1-12(2)14-4-6-15(7-5-14)28(25,26)20-9-8-16(22)27-13(3)17(23)21-11-10-19-18(21)24/h4-7,12-13,20H,8-11H2,1-3H3,(H,19,24)/t13-/m0/s1. The number of sulfonamides is 1. The fourth-order valence-corrected chi connectivity index (χ4v) is 3.64. The zero-order valence-electron chi connectivity index (χ0n) is 16.1. The molecule has 2 N–H and O–H groups in total. The van der Waals surface area contributed by atoms with Gasteiger partial charge in [-0.1, -0.05) is 26.0 Å². The number of hydrogen-bond donors (Lipinski definition) is 2. The normalized spacial score (nSPS) is 15.4. The molecule has 0 unspecified atom stereocenters. The Labute approximate surface area is 164 Å².